The molecule has 0 radical (unpaired) electrons. The third kappa shape index (κ3) is 3.62. The average molecular weight is 367 g/mol. The van der Waals surface area contributed by atoms with Crippen LogP contribution in [0.3, 0.4) is 0 Å². The first kappa shape index (κ1) is 18.4. The number of rotatable bonds is 6. The van der Waals surface area contributed by atoms with Crippen molar-refractivity contribution in [3.63, 3.8) is 0 Å². The van der Waals surface area contributed by atoms with Crippen LogP contribution in [0.2, 0.25) is 0 Å². The van der Waals surface area contributed by atoms with Crippen molar-refractivity contribution in [2.24, 2.45) is 0 Å². The number of hydrogen-bond donors (Lipinski definition) is 1. The van der Waals surface area contributed by atoms with Gasteiger partial charge in [-0.25, -0.2) is 4.68 Å². The van der Waals surface area contributed by atoms with Crippen LogP contribution in [0.25, 0.3) is 10.8 Å². The van der Waals surface area contributed by atoms with Crippen molar-refractivity contribution in [3.8, 4) is 11.5 Å². The number of methoxy groups -OCH3 is 2. The summed E-state index contributed by atoms with van der Waals surface area (Å²) in [6.45, 7) is 2.43. The molecular weight excluding hydrogens is 346 g/mol. The lowest BCUT2D eigenvalue weighted by Crippen LogP contribution is -2.30. The van der Waals surface area contributed by atoms with Gasteiger partial charge in [-0.1, -0.05) is 18.2 Å². The highest BCUT2D eigenvalue weighted by atomic mass is 16.5. The number of amides is 1. The lowest BCUT2D eigenvalue weighted by atomic mass is 10.1. The molecule has 0 bridgehead atoms. The van der Waals surface area contributed by atoms with E-state index in [1.54, 1.807) is 56.7 Å². The lowest BCUT2D eigenvalue weighted by Gasteiger charge is -2.13. The number of hydrogen-bond acceptors (Lipinski definition) is 5. The van der Waals surface area contributed by atoms with E-state index < -0.39 is 0 Å². The van der Waals surface area contributed by atoms with E-state index >= 15 is 0 Å². The minimum absolute atomic E-state index is 0.209. The Morgan fingerprint density at radius 2 is 1.85 bits per heavy atom. The van der Waals surface area contributed by atoms with E-state index in [0.29, 0.717) is 28.8 Å². The summed E-state index contributed by atoms with van der Waals surface area (Å²) in [5.41, 5.74) is 0.784. The first-order valence-corrected chi connectivity index (χ1v) is 8.58. The van der Waals surface area contributed by atoms with Gasteiger partial charge in [-0.2, -0.15) is 5.10 Å². The molecule has 0 unspecified atom stereocenters. The maximum absolute atomic E-state index is 12.8. The van der Waals surface area contributed by atoms with Gasteiger partial charge in [0.1, 0.15) is 11.5 Å². The maximum Gasteiger partial charge on any atom is 0.274 e. The first-order chi connectivity index (χ1) is 13.1. The van der Waals surface area contributed by atoms with Gasteiger partial charge in [0.2, 0.25) is 0 Å². The zero-order valence-corrected chi connectivity index (χ0v) is 15.5. The number of nitrogens with one attached hydrogen (secondary N) is 1. The van der Waals surface area contributed by atoms with E-state index in [4.69, 9.17) is 9.47 Å². The highest BCUT2D eigenvalue weighted by Gasteiger charge is 2.16. The van der Waals surface area contributed by atoms with Gasteiger partial charge in [0.25, 0.3) is 11.5 Å². The molecule has 2 aromatic carbocycles. The third-order valence-corrected chi connectivity index (χ3v) is 4.31. The van der Waals surface area contributed by atoms with E-state index in [2.05, 4.69) is 10.4 Å². The summed E-state index contributed by atoms with van der Waals surface area (Å²) in [7, 11) is 3.15. The lowest BCUT2D eigenvalue weighted by molar-refractivity contribution is 0.0945. The number of aryl methyl sites for hydroxylation is 1. The van der Waals surface area contributed by atoms with Crippen molar-refractivity contribution in [2.45, 2.75) is 20.0 Å². The van der Waals surface area contributed by atoms with Crippen LogP contribution in [0.4, 0.5) is 0 Å². The molecule has 0 saturated carbocycles. The number of fused-ring (bicyclic) bond motifs is 1. The molecule has 1 aromatic heterocycles. The molecule has 0 aliphatic heterocycles. The number of benzene rings is 2. The predicted octanol–water partition coefficient (Wildman–Crippen LogP) is 2.36. The first-order valence-electron chi connectivity index (χ1n) is 8.58. The van der Waals surface area contributed by atoms with Gasteiger partial charge in [0.15, 0.2) is 5.69 Å². The number of carbonyl (C=O) groups excluding carboxylic acids is 1. The van der Waals surface area contributed by atoms with Crippen LogP contribution < -0.4 is 20.3 Å². The van der Waals surface area contributed by atoms with Crippen LogP contribution in [0.5, 0.6) is 11.5 Å². The quantitative estimate of drug-likeness (QED) is 0.723. The molecule has 0 atom stereocenters. The molecule has 0 spiro atoms. The predicted molar refractivity (Wildman–Crippen MR) is 102 cm³/mol. The Kier molecular flexibility index (Phi) is 5.40. The molecule has 0 saturated heterocycles. The Morgan fingerprint density at radius 1 is 1.11 bits per heavy atom. The second-order valence-corrected chi connectivity index (χ2v) is 5.88. The molecule has 1 amide bonds. The van der Waals surface area contributed by atoms with Gasteiger partial charge >= 0.3 is 0 Å². The summed E-state index contributed by atoms with van der Waals surface area (Å²) in [4.78, 5) is 25.2. The Labute approximate surface area is 156 Å². The van der Waals surface area contributed by atoms with Crippen LogP contribution in [-0.2, 0) is 13.1 Å². The fraction of sp³-hybridized carbons (Fsp3) is 0.250. The van der Waals surface area contributed by atoms with Crippen molar-refractivity contribution in [2.75, 3.05) is 14.2 Å². The zero-order chi connectivity index (χ0) is 19.4. The van der Waals surface area contributed by atoms with E-state index in [0.717, 1.165) is 5.56 Å². The van der Waals surface area contributed by atoms with E-state index in [9.17, 15) is 9.59 Å². The van der Waals surface area contributed by atoms with Crippen molar-refractivity contribution >= 4 is 16.7 Å². The fourth-order valence-corrected chi connectivity index (χ4v) is 2.90. The van der Waals surface area contributed by atoms with Gasteiger partial charge in [-0.15, -0.1) is 0 Å². The molecule has 0 aliphatic rings. The summed E-state index contributed by atoms with van der Waals surface area (Å²) < 4.78 is 11.9. The number of nitrogens with zero attached hydrogens (tertiary/aromatic N) is 2. The topological polar surface area (TPSA) is 82.5 Å². The Hall–Kier alpha value is -3.35. The third-order valence-electron chi connectivity index (χ3n) is 4.31. The second-order valence-electron chi connectivity index (χ2n) is 5.88. The van der Waals surface area contributed by atoms with Gasteiger partial charge in [-0.05, 0) is 31.2 Å². The van der Waals surface area contributed by atoms with Gasteiger partial charge < -0.3 is 14.8 Å². The Balaban J connectivity index is 1.94. The largest absolute Gasteiger partial charge is 0.497 e. The van der Waals surface area contributed by atoms with Crippen molar-refractivity contribution in [3.05, 3.63) is 64.1 Å². The number of carbonyl (C=O) groups is 1. The highest BCUT2D eigenvalue weighted by molar-refractivity contribution is 6.04. The zero-order valence-electron chi connectivity index (χ0n) is 15.5. The number of aromatic nitrogens is 2. The molecule has 1 N–H and O–H groups in total. The summed E-state index contributed by atoms with van der Waals surface area (Å²) in [5.74, 6) is 0.953. The van der Waals surface area contributed by atoms with Crippen molar-refractivity contribution in [1.82, 2.24) is 15.1 Å². The standard InChI is InChI=1S/C20H21N3O4/c1-4-23-20(25)16-8-6-5-7-15(16)18(22-23)19(24)21-12-13-11-14(26-2)9-10-17(13)27-3/h5-11H,4,12H2,1-3H3,(H,21,24). The summed E-state index contributed by atoms with van der Waals surface area (Å²) in [6.07, 6.45) is 0. The smallest absolute Gasteiger partial charge is 0.274 e. The normalized spacial score (nSPS) is 10.6. The summed E-state index contributed by atoms with van der Waals surface area (Å²) in [6, 6.07) is 12.4. The summed E-state index contributed by atoms with van der Waals surface area (Å²) in [5, 5.41) is 8.10. The molecule has 3 rings (SSSR count). The van der Waals surface area contributed by atoms with Gasteiger partial charge in [0.05, 0.1) is 19.6 Å². The fourth-order valence-electron chi connectivity index (χ4n) is 2.90. The van der Waals surface area contributed by atoms with Gasteiger partial charge in [-0.3, -0.25) is 9.59 Å². The molecular formula is C20H21N3O4. The molecule has 7 nitrogen and oxygen atoms in total. The van der Waals surface area contributed by atoms with Crippen molar-refractivity contribution in [1.29, 1.82) is 0 Å². The minimum Gasteiger partial charge on any atom is -0.497 e. The van der Waals surface area contributed by atoms with Crippen LogP contribution in [0, 0.1) is 0 Å². The van der Waals surface area contributed by atoms with Crippen LogP contribution >= 0.6 is 0 Å². The SMILES string of the molecule is CCn1nc(C(=O)NCc2cc(OC)ccc2OC)c2ccccc2c1=O. The Bertz CT molecular complexity index is 1040. The molecule has 1 heterocycles. The van der Waals surface area contributed by atoms with Gasteiger partial charge in [0, 0.05) is 24.0 Å². The average Bonchev–Trinajstić information content (AvgIpc) is 2.72. The number of ether oxygens (including phenoxy) is 2. The molecule has 3 aromatic rings. The highest BCUT2D eigenvalue weighted by Crippen LogP contribution is 2.24. The monoisotopic (exact) mass is 367 g/mol. The van der Waals surface area contributed by atoms with Crippen LogP contribution in [0.15, 0.2) is 47.3 Å². The Morgan fingerprint density at radius 3 is 2.52 bits per heavy atom. The minimum atomic E-state index is -0.363. The molecule has 0 aliphatic carbocycles. The molecule has 27 heavy (non-hydrogen) atoms. The molecule has 140 valence electrons. The van der Waals surface area contributed by atoms with E-state index in [-0.39, 0.29) is 23.7 Å². The van der Waals surface area contributed by atoms with Crippen LogP contribution in [-0.4, -0.2) is 29.9 Å². The van der Waals surface area contributed by atoms with E-state index in [1.165, 1.54) is 4.68 Å². The molecule has 0 fully saturated rings. The second kappa shape index (κ2) is 7.90. The van der Waals surface area contributed by atoms with Crippen molar-refractivity contribution < 1.29 is 14.3 Å². The summed E-state index contributed by atoms with van der Waals surface area (Å²) >= 11 is 0. The van der Waals surface area contributed by atoms with E-state index in [1.807, 2.05) is 6.92 Å². The van der Waals surface area contributed by atoms with Crippen LogP contribution in [0.1, 0.15) is 23.0 Å². The molecule has 7 heteroatoms. The maximum atomic E-state index is 12.8.